The van der Waals surface area contributed by atoms with Gasteiger partial charge in [0.25, 0.3) is 5.65 Å². The average Bonchev–Trinajstić information content (AvgIpc) is 2.45. The number of aromatic nitrogens is 2. The highest BCUT2D eigenvalue weighted by Gasteiger charge is 2.21. The second kappa shape index (κ2) is 2.59. The van der Waals surface area contributed by atoms with Crippen LogP contribution in [0, 0.1) is 0 Å². The van der Waals surface area contributed by atoms with Gasteiger partial charge in [-0.3, -0.25) is 0 Å². The first-order valence-corrected chi connectivity index (χ1v) is 4.57. The second-order valence-corrected chi connectivity index (χ2v) is 4.31. The van der Waals surface area contributed by atoms with Crippen molar-refractivity contribution >= 4 is 5.65 Å². The molecule has 68 valence electrons. The van der Waals surface area contributed by atoms with Crippen LogP contribution in [0.2, 0.25) is 0 Å². The van der Waals surface area contributed by atoms with Gasteiger partial charge in [0.15, 0.2) is 0 Å². The molecule has 2 heteroatoms. The molecule has 0 aliphatic rings. The van der Waals surface area contributed by atoms with Gasteiger partial charge < -0.3 is 0 Å². The third kappa shape index (κ3) is 1.32. The van der Waals surface area contributed by atoms with Crippen LogP contribution in [0.3, 0.4) is 0 Å². The van der Waals surface area contributed by atoms with Crippen molar-refractivity contribution in [2.24, 2.45) is 0 Å². The highest BCUT2D eigenvalue weighted by molar-refractivity contribution is 5.31. The van der Waals surface area contributed by atoms with Crippen molar-refractivity contribution in [3.05, 3.63) is 36.8 Å². The van der Waals surface area contributed by atoms with Gasteiger partial charge in [0.05, 0.1) is 6.20 Å². The zero-order chi connectivity index (χ0) is 9.47. The lowest BCUT2D eigenvalue weighted by Crippen LogP contribution is -2.49. The SMILES string of the molecule is CC(C)(C)[n+]1ccn2ccccc21. The summed E-state index contributed by atoms with van der Waals surface area (Å²) in [5, 5.41) is 0. The molecule has 13 heavy (non-hydrogen) atoms. The fourth-order valence-corrected chi connectivity index (χ4v) is 1.56. The van der Waals surface area contributed by atoms with Gasteiger partial charge in [0.1, 0.15) is 17.9 Å². The monoisotopic (exact) mass is 175 g/mol. The van der Waals surface area contributed by atoms with Gasteiger partial charge in [-0.2, -0.15) is 0 Å². The first-order chi connectivity index (χ1) is 6.09. The maximum Gasteiger partial charge on any atom is 0.286 e. The molecule has 0 atom stereocenters. The van der Waals surface area contributed by atoms with Crippen molar-refractivity contribution in [2.75, 3.05) is 0 Å². The standard InChI is InChI=1S/C11H15N2/c1-11(2,3)13-9-8-12-7-5-4-6-10(12)13/h4-9H,1-3H3/q+1. The lowest BCUT2D eigenvalue weighted by atomic mass is 10.1. The maximum absolute atomic E-state index is 2.27. The minimum Gasteiger partial charge on any atom is -0.226 e. The van der Waals surface area contributed by atoms with Gasteiger partial charge in [0.2, 0.25) is 0 Å². The van der Waals surface area contributed by atoms with Crippen molar-refractivity contribution < 1.29 is 4.57 Å². The van der Waals surface area contributed by atoms with Crippen molar-refractivity contribution in [3.63, 3.8) is 0 Å². The molecule has 0 bridgehead atoms. The van der Waals surface area contributed by atoms with Gasteiger partial charge in [-0.25, -0.2) is 8.97 Å². The zero-order valence-electron chi connectivity index (χ0n) is 8.36. The normalized spacial score (nSPS) is 12.2. The van der Waals surface area contributed by atoms with Crippen LogP contribution >= 0.6 is 0 Å². The van der Waals surface area contributed by atoms with Crippen molar-refractivity contribution in [1.82, 2.24) is 4.40 Å². The number of hydrogen-bond acceptors (Lipinski definition) is 0. The fourth-order valence-electron chi connectivity index (χ4n) is 1.56. The quantitative estimate of drug-likeness (QED) is 0.541. The Morgan fingerprint density at radius 3 is 2.62 bits per heavy atom. The molecular weight excluding hydrogens is 160 g/mol. The van der Waals surface area contributed by atoms with E-state index in [9.17, 15) is 0 Å². The summed E-state index contributed by atoms with van der Waals surface area (Å²) in [7, 11) is 0. The van der Waals surface area contributed by atoms with Gasteiger partial charge in [-0.1, -0.05) is 6.07 Å². The molecule has 0 saturated heterocycles. The Hall–Kier alpha value is -1.31. The largest absolute Gasteiger partial charge is 0.286 e. The van der Waals surface area contributed by atoms with Gasteiger partial charge in [-0.05, 0) is 26.8 Å². The smallest absolute Gasteiger partial charge is 0.226 e. The summed E-state index contributed by atoms with van der Waals surface area (Å²) < 4.78 is 4.40. The van der Waals surface area contributed by atoms with Crippen LogP contribution in [0.15, 0.2) is 36.8 Å². The van der Waals surface area contributed by atoms with E-state index in [0.29, 0.717) is 0 Å². The predicted molar refractivity (Wildman–Crippen MR) is 52.6 cm³/mol. The third-order valence-electron chi connectivity index (χ3n) is 2.21. The van der Waals surface area contributed by atoms with E-state index in [1.54, 1.807) is 0 Å². The van der Waals surface area contributed by atoms with Crippen molar-refractivity contribution in [3.8, 4) is 0 Å². The average molecular weight is 175 g/mol. The van der Waals surface area contributed by atoms with E-state index in [2.05, 4.69) is 60.5 Å². The lowest BCUT2D eigenvalue weighted by molar-refractivity contribution is -0.730. The van der Waals surface area contributed by atoms with Crippen LogP contribution < -0.4 is 4.57 Å². The molecule has 0 spiro atoms. The summed E-state index contributed by atoms with van der Waals surface area (Å²) in [5.74, 6) is 0. The van der Waals surface area contributed by atoms with Crippen LogP contribution in [-0.2, 0) is 5.54 Å². The van der Waals surface area contributed by atoms with E-state index in [-0.39, 0.29) is 5.54 Å². The molecule has 0 aliphatic heterocycles. The number of nitrogens with zero attached hydrogens (tertiary/aromatic N) is 2. The Balaban J connectivity index is 2.72. The van der Waals surface area contributed by atoms with E-state index in [1.165, 1.54) is 5.65 Å². The van der Waals surface area contributed by atoms with Crippen LogP contribution in [0.1, 0.15) is 20.8 Å². The summed E-state index contributed by atoms with van der Waals surface area (Å²) in [6.07, 6.45) is 6.27. The van der Waals surface area contributed by atoms with Crippen molar-refractivity contribution in [2.45, 2.75) is 26.3 Å². The molecular formula is C11H15N2+. The van der Waals surface area contributed by atoms with Crippen LogP contribution in [-0.4, -0.2) is 4.40 Å². The number of rotatable bonds is 0. The molecule has 0 unspecified atom stereocenters. The van der Waals surface area contributed by atoms with Gasteiger partial charge in [0, 0.05) is 6.07 Å². The molecule has 2 aromatic heterocycles. The first-order valence-electron chi connectivity index (χ1n) is 4.57. The minimum absolute atomic E-state index is 0.149. The van der Waals surface area contributed by atoms with E-state index in [4.69, 9.17) is 0 Å². The molecule has 0 fully saturated rings. The lowest BCUT2D eigenvalue weighted by Gasteiger charge is -2.14. The third-order valence-corrected chi connectivity index (χ3v) is 2.21. The topological polar surface area (TPSA) is 8.29 Å². The Bertz CT molecular complexity index is 421. The van der Waals surface area contributed by atoms with Gasteiger partial charge in [-0.15, -0.1) is 0 Å². The van der Waals surface area contributed by atoms with E-state index in [1.807, 2.05) is 6.07 Å². The van der Waals surface area contributed by atoms with E-state index >= 15 is 0 Å². The summed E-state index contributed by atoms with van der Waals surface area (Å²) in [6, 6.07) is 6.24. The molecule has 2 aromatic rings. The van der Waals surface area contributed by atoms with Crippen LogP contribution in [0.5, 0.6) is 0 Å². The predicted octanol–water partition coefficient (Wildman–Crippen LogP) is 1.98. The van der Waals surface area contributed by atoms with E-state index in [0.717, 1.165) is 0 Å². The molecule has 2 rings (SSSR count). The maximum atomic E-state index is 2.27. The van der Waals surface area contributed by atoms with Gasteiger partial charge >= 0.3 is 0 Å². The Kier molecular flexibility index (Phi) is 1.65. The molecule has 0 N–H and O–H groups in total. The Morgan fingerprint density at radius 1 is 1.15 bits per heavy atom. The molecule has 0 saturated carbocycles. The number of hydrogen-bond donors (Lipinski definition) is 0. The molecule has 2 heterocycles. The number of pyridine rings is 1. The van der Waals surface area contributed by atoms with Crippen LogP contribution in [0.25, 0.3) is 5.65 Å². The summed E-state index contributed by atoms with van der Waals surface area (Å²) in [4.78, 5) is 0. The second-order valence-electron chi connectivity index (χ2n) is 4.31. The summed E-state index contributed by atoms with van der Waals surface area (Å²) in [6.45, 7) is 6.62. The van der Waals surface area contributed by atoms with E-state index < -0.39 is 0 Å². The summed E-state index contributed by atoms with van der Waals surface area (Å²) >= 11 is 0. The highest BCUT2D eigenvalue weighted by Crippen LogP contribution is 2.07. The zero-order valence-corrected chi connectivity index (χ0v) is 8.36. The highest BCUT2D eigenvalue weighted by atomic mass is 15.1. The van der Waals surface area contributed by atoms with Crippen molar-refractivity contribution in [1.29, 1.82) is 0 Å². The Labute approximate surface area is 78.4 Å². The Morgan fingerprint density at radius 2 is 1.92 bits per heavy atom. The first kappa shape index (κ1) is 8.30. The molecule has 0 aromatic carbocycles. The fraction of sp³-hybridized carbons (Fsp3) is 0.364. The minimum atomic E-state index is 0.149. The number of imidazole rings is 1. The molecule has 0 radical (unpaired) electrons. The number of fused-ring (bicyclic) bond motifs is 1. The van der Waals surface area contributed by atoms with Crippen LogP contribution in [0.4, 0.5) is 0 Å². The molecule has 2 nitrogen and oxygen atoms in total. The molecule has 0 amide bonds. The summed E-state index contributed by atoms with van der Waals surface area (Å²) in [5.41, 5.74) is 1.38. The molecule has 0 aliphatic carbocycles.